The second kappa shape index (κ2) is 4.87. The minimum absolute atomic E-state index is 0.680. The topological polar surface area (TPSA) is 56.7 Å². The van der Waals surface area contributed by atoms with Gasteiger partial charge in [0.15, 0.2) is 0 Å². The van der Waals surface area contributed by atoms with Crippen LogP contribution >= 0.6 is 27.3 Å². The first-order valence-corrected chi connectivity index (χ1v) is 6.26. The van der Waals surface area contributed by atoms with Crippen LogP contribution in [0.25, 0.3) is 10.6 Å². The molecule has 0 fully saturated rings. The summed E-state index contributed by atoms with van der Waals surface area (Å²) < 4.78 is 2.93. The summed E-state index contributed by atoms with van der Waals surface area (Å²) in [7, 11) is 0. The number of nitrogens with two attached hydrogens (primary N) is 1. The lowest BCUT2D eigenvalue weighted by atomic mass is 10.4. The Labute approximate surface area is 100 Å². The number of thiophene rings is 1. The van der Waals surface area contributed by atoms with Crippen LogP contribution in [0.4, 0.5) is 0 Å². The third kappa shape index (κ3) is 2.64. The highest BCUT2D eigenvalue weighted by Gasteiger charge is 2.05. The van der Waals surface area contributed by atoms with Gasteiger partial charge < -0.3 is 5.73 Å². The molecule has 0 atom stereocenters. The first-order valence-electron chi connectivity index (χ1n) is 4.65. The van der Waals surface area contributed by atoms with Crippen molar-refractivity contribution >= 4 is 27.3 Å². The largest absolute Gasteiger partial charge is 0.330 e. The Morgan fingerprint density at radius 2 is 2.33 bits per heavy atom. The summed E-state index contributed by atoms with van der Waals surface area (Å²) in [6, 6.07) is 4.05. The summed E-state index contributed by atoms with van der Waals surface area (Å²) in [5, 5.41) is 8.16. The van der Waals surface area contributed by atoms with E-state index < -0.39 is 0 Å². The van der Waals surface area contributed by atoms with Gasteiger partial charge in [0, 0.05) is 6.54 Å². The number of halogens is 1. The number of rotatable bonds is 4. The smallest absolute Gasteiger partial charge is 0.123 e. The quantitative estimate of drug-likeness (QED) is 0.937. The highest BCUT2D eigenvalue weighted by atomic mass is 79.9. The van der Waals surface area contributed by atoms with Crippen LogP contribution in [0.15, 0.2) is 22.1 Å². The first-order chi connectivity index (χ1) is 7.29. The van der Waals surface area contributed by atoms with Crippen LogP contribution in [0, 0.1) is 0 Å². The van der Waals surface area contributed by atoms with Crippen molar-refractivity contribution in [2.75, 3.05) is 6.54 Å². The Kier molecular flexibility index (Phi) is 3.50. The Balaban J connectivity index is 2.13. The molecule has 0 aliphatic heterocycles. The Bertz CT molecular complexity index is 437. The van der Waals surface area contributed by atoms with Crippen LogP contribution in [0.2, 0.25) is 0 Å². The maximum Gasteiger partial charge on any atom is 0.123 e. The maximum atomic E-state index is 5.43. The van der Waals surface area contributed by atoms with Gasteiger partial charge in [-0.1, -0.05) is 5.21 Å². The van der Waals surface area contributed by atoms with Crippen LogP contribution in [0.1, 0.15) is 6.42 Å². The number of aromatic nitrogens is 3. The van der Waals surface area contributed by atoms with E-state index in [2.05, 4.69) is 26.2 Å². The molecular weight excluding hydrogens is 276 g/mol. The molecule has 0 amide bonds. The SMILES string of the molecule is NCCCn1cc(-c2ccc(Br)s2)nn1. The van der Waals surface area contributed by atoms with Crippen LogP contribution in [0.5, 0.6) is 0 Å². The van der Waals surface area contributed by atoms with E-state index in [4.69, 9.17) is 5.73 Å². The van der Waals surface area contributed by atoms with Crippen LogP contribution in [0.3, 0.4) is 0 Å². The molecule has 2 heterocycles. The average Bonchev–Trinajstić information content (AvgIpc) is 2.83. The normalized spacial score (nSPS) is 10.8. The van der Waals surface area contributed by atoms with Gasteiger partial charge in [0.05, 0.1) is 14.9 Å². The van der Waals surface area contributed by atoms with Gasteiger partial charge in [-0.15, -0.1) is 16.4 Å². The number of nitrogens with zero attached hydrogens (tertiary/aromatic N) is 3. The molecular formula is C9H11BrN4S. The standard InChI is InChI=1S/C9H11BrN4S/c10-9-3-2-8(15-9)7-6-14(13-12-7)5-1-4-11/h2-3,6H,1,4-5,11H2. The van der Waals surface area contributed by atoms with Crippen LogP contribution < -0.4 is 5.73 Å². The van der Waals surface area contributed by atoms with E-state index in [0.717, 1.165) is 27.3 Å². The summed E-state index contributed by atoms with van der Waals surface area (Å²) in [6.45, 7) is 1.51. The van der Waals surface area contributed by atoms with E-state index in [9.17, 15) is 0 Å². The highest BCUT2D eigenvalue weighted by Crippen LogP contribution is 2.29. The molecule has 0 radical (unpaired) electrons. The van der Waals surface area contributed by atoms with E-state index in [-0.39, 0.29) is 0 Å². The average molecular weight is 287 g/mol. The maximum absolute atomic E-state index is 5.43. The number of hydrogen-bond donors (Lipinski definition) is 1. The molecule has 2 aromatic rings. The van der Waals surface area contributed by atoms with E-state index in [0.29, 0.717) is 6.54 Å². The Morgan fingerprint density at radius 1 is 1.47 bits per heavy atom. The van der Waals surface area contributed by atoms with Gasteiger partial charge in [0.1, 0.15) is 5.69 Å². The zero-order valence-electron chi connectivity index (χ0n) is 8.06. The molecule has 15 heavy (non-hydrogen) atoms. The zero-order valence-corrected chi connectivity index (χ0v) is 10.5. The van der Waals surface area contributed by atoms with Gasteiger partial charge in [0.25, 0.3) is 0 Å². The van der Waals surface area contributed by atoms with Crippen molar-refractivity contribution in [3.8, 4) is 10.6 Å². The van der Waals surface area contributed by atoms with Gasteiger partial charge >= 0.3 is 0 Å². The van der Waals surface area contributed by atoms with Gasteiger partial charge in [-0.2, -0.15) is 0 Å². The van der Waals surface area contributed by atoms with Crippen molar-refractivity contribution in [3.63, 3.8) is 0 Å². The fourth-order valence-corrected chi connectivity index (χ4v) is 2.56. The summed E-state index contributed by atoms with van der Waals surface area (Å²) in [5.41, 5.74) is 6.35. The third-order valence-electron chi connectivity index (χ3n) is 1.96. The van der Waals surface area contributed by atoms with Crippen LogP contribution in [-0.2, 0) is 6.54 Å². The summed E-state index contributed by atoms with van der Waals surface area (Å²) >= 11 is 5.08. The van der Waals surface area contributed by atoms with E-state index in [1.807, 2.05) is 23.0 Å². The minimum Gasteiger partial charge on any atom is -0.330 e. The molecule has 2 rings (SSSR count). The first kappa shape index (κ1) is 10.8. The van der Waals surface area contributed by atoms with E-state index in [1.54, 1.807) is 11.3 Å². The van der Waals surface area contributed by atoms with Gasteiger partial charge in [0.2, 0.25) is 0 Å². The minimum atomic E-state index is 0.680. The fraction of sp³-hybridized carbons (Fsp3) is 0.333. The van der Waals surface area contributed by atoms with Gasteiger partial charge in [-0.25, -0.2) is 0 Å². The molecule has 0 spiro atoms. The molecule has 4 nitrogen and oxygen atoms in total. The number of hydrogen-bond acceptors (Lipinski definition) is 4. The van der Waals surface area contributed by atoms with Crippen molar-refractivity contribution < 1.29 is 0 Å². The predicted octanol–water partition coefficient (Wildman–Crippen LogP) is 2.12. The molecule has 0 unspecified atom stereocenters. The van der Waals surface area contributed by atoms with Crippen molar-refractivity contribution in [1.82, 2.24) is 15.0 Å². The molecule has 0 aliphatic carbocycles. The third-order valence-corrected chi connectivity index (χ3v) is 3.60. The lowest BCUT2D eigenvalue weighted by Gasteiger charge is -1.95. The van der Waals surface area contributed by atoms with Crippen molar-refractivity contribution in [3.05, 3.63) is 22.1 Å². The fourth-order valence-electron chi connectivity index (χ4n) is 1.23. The van der Waals surface area contributed by atoms with E-state index in [1.165, 1.54) is 0 Å². The molecule has 0 aliphatic rings. The molecule has 0 saturated carbocycles. The zero-order chi connectivity index (χ0) is 10.7. The second-order valence-electron chi connectivity index (χ2n) is 3.11. The molecule has 2 N–H and O–H groups in total. The lowest BCUT2D eigenvalue weighted by molar-refractivity contribution is 0.564. The summed E-state index contributed by atoms with van der Waals surface area (Å²) in [4.78, 5) is 1.13. The molecule has 0 aromatic carbocycles. The van der Waals surface area contributed by atoms with Gasteiger partial charge in [-0.3, -0.25) is 4.68 Å². The van der Waals surface area contributed by atoms with Crippen molar-refractivity contribution in [2.24, 2.45) is 5.73 Å². The molecule has 0 saturated heterocycles. The highest BCUT2D eigenvalue weighted by molar-refractivity contribution is 9.11. The van der Waals surface area contributed by atoms with E-state index >= 15 is 0 Å². The van der Waals surface area contributed by atoms with Crippen LogP contribution in [-0.4, -0.2) is 21.5 Å². The lowest BCUT2D eigenvalue weighted by Crippen LogP contribution is -2.06. The Morgan fingerprint density at radius 3 is 3.00 bits per heavy atom. The van der Waals surface area contributed by atoms with Gasteiger partial charge in [-0.05, 0) is 41.0 Å². The summed E-state index contributed by atoms with van der Waals surface area (Å²) in [6.07, 6.45) is 2.88. The Hall–Kier alpha value is -0.720. The molecule has 80 valence electrons. The van der Waals surface area contributed by atoms with Crippen molar-refractivity contribution in [1.29, 1.82) is 0 Å². The summed E-state index contributed by atoms with van der Waals surface area (Å²) in [5.74, 6) is 0. The molecule has 0 bridgehead atoms. The number of aryl methyl sites for hydroxylation is 1. The predicted molar refractivity (Wildman–Crippen MR) is 64.7 cm³/mol. The second-order valence-corrected chi connectivity index (χ2v) is 5.58. The molecule has 6 heteroatoms. The monoisotopic (exact) mass is 286 g/mol. The molecule has 2 aromatic heterocycles. The van der Waals surface area contributed by atoms with Crippen molar-refractivity contribution in [2.45, 2.75) is 13.0 Å².